The van der Waals surface area contributed by atoms with E-state index in [-0.39, 0.29) is 31.3 Å². The minimum absolute atomic E-state index is 0.0222. The Labute approximate surface area is 184 Å². The van der Waals surface area contributed by atoms with Crippen LogP contribution in [0, 0.1) is 23.7 Å². The van der Waals surface area contributed by atoms with Crippen LogP contribution in [0.3, 0.4) is 0 Å². The average molecular weight is 435 g/mol. The second-order valence-corrected chi connectivity index (χ2v) is 8.53. The summed E-state index contributed by atoms with van der Waals surface area (Å²) < 4.78 is 19.1. The van der Waals surface area contributed by atoms with E-state index in [4.69, 9.17) is 4.74 Å². The summed E-state index contributed by atoms with van der Waals surface area (Å²) in [6.07, 6.45) is 6.77. The quantitative estimate of drug-likeness (QED) is 0.549. The smallest absolute Gasteiger partial charge is 0.322 e. The summed E-state index contributed by atoms with van der Waals surface area (Å²) in [5.41, 5.74) is -0.0423. The lowest BCUT2D eigenvalue weighted by molar-refractivity contribution is -0.125. The molecule has 4 aliphatic rings. The number of fused-ring (bicyclic) bond motifs is 1. The highest BCUT2D eigenvalue weighted by Gasteiger charge is 2.53. The van der Waals surface area contributed by atoms with Crippen LogP contribution in [0.25, 0.3) is 0 Å². The third-order valence-electron chi connectivity index (χ3n) is 6.25. The molecule has 2 aliphatic heterocycles. The number of rotatable bonds is 5. The maximum absolute atomic E-state index is 13.5. The summed E-state index contributed by atoms with van der Waals surface area (Å²) in [5, 5.41) is 4.97. The van der Waals surface area contributed by atoms with Gasteiger partial charge in [0.05, 0.1) is 6.54 Å². The number of hydrogen-bond donors (Lipinski definition) is 2. The van der Waals surface area contributed by atoms with Gasteiger partial charge in [0.25, 0.3) is 11.8 Å². The van der Waals surface area contributed by atoms with Crippen molar-refractivity contribution < 1.29 is 23.5 Å². The Bertz CT molecular complexity index is 1130. The lowest BCUT2D eigenvalue weighted by Crippen LogP contribution is -2.59. The second-order valence-electron chi connectivity index (χ2n) is 8.53. The first-order valence-electron chi connectivity index (χ1n) is 10.7. The fraction of sp³-hybridized carbons (Fsp3) is 0.375. The Kier molecular flexibility index (Phi) is 4.97. The number of ether oxygens (including phenoxy) is 1. The summed E-state index contributed by atoms with van der Waals surface area (Å²) in [6.45, 7) is 0.549. The monoisotopic (exact) mass is 435 g/mol. The molecular weight excluding hydrogens is 413 g/mol. The van der Waals surface area contributed by atoms with Gasteiger partial charge in [0.2, 0.25) is 0 Å². The minimum atomic E-state index is -1.36. The number of carbonyl (C=O) groups excluding carboxylic acids is 3. The Morgan fingerprint density at radius 1 is 1.25 bits per heavy atom. The number of nitrogens with one attached hydrogen (secondary N) is 2. The van der Waals surface area contributed by atoms with Gasteiger partial charge in [-0.25, -0.2) is 9.18 Å². The standard InChI is InChI=1S/C24H22FN3O4/c25-18-8-6-17(7-9-18)24(22(30)26-23(31)27-24)14-28-13-16-5-10-19(12-20(16)21(28)29)32-11-1-2-15-3-4-15/h5-6,8-10,12,15,17H,3-4,7,11,13-14H2,(H2,26,27,30,31). The molecule has 0 bridgehead atoms. The zero-order valence-corrected chi connectivity index (χ0v) is 17.3. The number of hydrogen-bond acceptors (Lipinski definition) is 4. The maximum Gasteiger partial charge on any atom is 0.322 e. The van der Waals surface area contributed by atoms with Gasteiger partial charge in [0, 0.05) is 23.9 Å². The predicted molar refractivity (Wildman–Crippen MR) is 113 cm³/mol. The zero-order chi connectivity index (χ0) is 22.3. The highest BCUT2D eigenvalue weighted by Crippen LogP contribution is 2.34. The number of benzene rings is 1. The Balaban J connectivity index is 1.33. The van der Waals surface area contributed by atoms with Crippen molar-refractivity contribution in [3.8, 4) is 17.6 Å². The molecule has 0 spiro atoms. The molecule has 2 N–H and O–H groups in total. The van der Waals surface area contributed by atoms with Gasteiger partial charge in [0.15, 0.2) is 0 Å². The van der Waals surface area contributed by atoms with E-state index >= 15 is 0 Å². The van der Waals surface area contributed by atoms with Crippen LogP contribution in [-0.2, 0) is 11.3 Å². The lowest BCUT2D eigenvalue weighted by Gasteiger charge is -2.36. The van der Waals surface area contributed by atoms with Gasteiger partial charge in [-0.3, -0.25) is 14.9 Å². The van der Waals surface area contributed by atoms with Gasteiger partial charge >= 0.3 is 6.03 Å². The van der Waals surface area contributed by atoms with E-state index in [0.29, 0.717) is 23.8 Å². The van der Waals surface area contributed by atoms with Gasteiger partial charge in [0.1, 0.15) is 23.7 Å². The van der Waals surface area contributed by atoms with E-state index in [2.05, 4.69) is 22.5 Å². The van der Waals surface area contributed by atoms with E-state index in [1.54, 1.807) is 18.2 Å². The molecule has 2 atom stereocenters. The molecule has 7 nitrogen and oxygen atoms in total. The van der Waals surface area contributed by atoms with E-state index < -0.39 is 23.4 Å². The number of urea groups is 1. The van der Waals surface area contributed by atoms with Crippen molar-refractivity contribution in [3.05, 3.63) is 53.4 Å². The number of carbonyl (C=O) groups is 3. The summed E-state index contributed by atoms with van der Waals surface area (Å²) >= 11 is 0. The van der Waals surface area contributed by atoms with Crippen LogP contribution in [0.4, 0.5) is 9.18 Å². The number of imide groups is 1. The lowest BCUT2D eigenvalue weighted by atomic mass is 9.79. The van der Waals surface area contributed by atoms with Crippen molar-refractivity contribution in [2.45, 2.75) is 31.3 Å². The van der Waals surface area contributed by atoms with Crippen molar-refractivity contribution in [2.24, 2.45) is 11.8 Å². The number of amides is 4. The molecule has 164 valence electrons. The fourth-order valence-electron chi connectivity index (χ4n) is 4.35. The molecule has 0 radical (unpaired) electrons. The van der Waals surface area contributed by atoms with E-state index in [9.17, 15) is 18.8 Å². The van der Waals surface area contributed by atoms with Crippen LogP contribution in [0.15, 0.2) is 42.3 Å². The summed E-state index contributed by atoms with van der Waals surface area (Å²) in [7, 11) is 0. The van der Waals surface area contributed by atoms with Gasteiger partial charge < -0.3 is 15.0 Å². The third kappa shape index (κ3) is 3.75. The molecule has 32 heavy (non-hydrogen) atoms. The predicted octanol–water partition coefficient (Wildman–Crippen LogP) is 2.44. The molecule has 1 aromatic carbocycles. The molecule has 2 fully saturated rings. The fourth-order valence-corrected chi connectivity index (χ4v) is 4.35. The van der Waals surface area contributed by atoms with Crippen LogP contribution < -0.4 is 15.4 Å². The van der Waals surface area contributed by atoms with Crippen molar-refractivity contribution >= 4 is 17.8 Å². The molecule has 1 saturated heterocycles. The molecule has 8 heteroatoms. The van der Waals surface area contributed by atoms with Gasteiger partial charge in [-0.2, -0.15) is 0 Å². The maximum atomic E-state index is 13.5. The van der Waals surface area contributed by atoms with E-state index in [0.717, 1.165) is 18.4 Å². The second kappa shape index (κ2) is 7.83. The van der Waals surface area contributed by atoms with Gasteiger partial charge in [-0.1, -0.05) is 24.0 Å². The SMILES string of the molecule is O=C1NC(=O)C(CN2Cc3ccc(OCC#CC4CC4)cc3C2=O)(C2C=CC(F)=CC2)N1. The average Bonchev–Trinajstić information content (AvgIpc) is 3.49. The van der Waals surface area contributed by atoms with E-state index in [1.807, 2.05) is 6.07 Å². The first kappa shape index (κ1) is 20.3. The molecule has 2 unspecified atom stereocenters. The molecule has 1 saturated carbocycles. The van der Waals surface area contributed by atoms with Crippen molar-refractivity contribution in [1.82, 2.24) is 15.5 Å². The number of nitrogens with zero attached hydrogens (tertiary/aromatic N) is 1. The third-order valence-corrected chi connectivity index (χ3v) is 6.25. The van der Waals surface area contributed by atoms with E-state index in [1.165, 1.54) is 17.1 Å². The molecule has 0 aromatic heterocycles. The molecule has 2 heterocycles. The summed E-state index contributed by atoms with van der Waals surface area (Å²) in [6, 6.07) is 4.70. The van der Waals surface area contributed by atoms with Crippen molar-refractivity contribution in [2.75, 3.05) is 13.2 Å². The van der Waals surface area contributed by atoms with Crippen LogP contribution in [0.1, 0.15) is 35.2 Å². The Morgan fingerprint density at radius 2 is 2.09 bits per heavy atom. The summed E-state index contributed by atoms with van der Waals surface area (Å²) in [4.78, 5) is 39.4. The van der Waals surface area contributed by atoms with Crippen molar-refractivity contribution in [3.63, 3.8) is 0 Å². The number of halogens is 1. The summed E-state index contributed by atoms with van der Waals surface area (Å²) in [5.74, 6) is 5.55. The first-order valence-corrected chi connectivity index (χ1v) is 10.7. The highest BCUT2D eigenvalue weighted by atomic mass is 19.1. The molecule has 2 aliphatic carbocycles. The molecule has 4 amide bonds. The van der Waals surface area contributed by atoms with Crippen molar-refractivity contribution in [1.29, 1.82) is 0 Å². The first-order chi connectivity index (χ1) is 15.4. The highest BCUT2D eigenvalue weighted by molar-refractivity contribution is 6.08. The largest absolute Gasteiger partial charge is 0.481 e. The van der Waals surface area contributed by atoms with Gasteiger partial charge in [-0.15, -0.1) is 0 Å². The van der Waals surface area contributed by atoms with Crippen LogP contribution in [0.5, 0.6) is 5.75 Å². The van der Waals surface area contributed by atoms with Crippen LogP contribution in [-0.4, -0.2) is 41.4 Å². The molecule has 5 rings (SSSR count). The normalized spacial score (nSPS) is 26.2. The minimum Gasteiger partial charge on any atom is -0.481 e. The Hall–Kier alpha value is -3.60. The zero-order valence-electron chi connectivity index (χ0n) is 17.3. The Morgan fingerprint density at radius 3 is 2.78 bits per heavy atom. The molecule has 1 aromatic rings. The van der Waals surface area contributed by atoms with Crippen LogP contribution in [0.2, 0.25) is 0 Å². The van der Waals surface area contributed by atoms with Gasteiger partial charge in [-0.05, 0) is 49.1 Å². The molecular formula is C24H22FN3O4. The number of allylic oxidation sites excluding steroid dienone is 3. The topological polar surface area (TPSA) is 87.7 Å². The van der Waals surface area contributed by atoms with Crippen LogP contribution >= 0.6 is 0 Å².